The second-order valence-electron chi connectivity index (χ2n) is 5.33. The lowest BCUT2D eigenvalue weighted by Crippen LogP contribution is -2.38. The van der Waals surface area contributed by atoms with E-state index >= 15 is 0 Å². The zero-order valence-corrected chi connectivity index (χ0v) is 12.0. The van der Waals surface area contributed by atoms with Gasteiger partial charge in [0.15, 0.2) is 0 Å². The van der Waals surface area contributed by atoms with E-state index in [-0.39, 0.29) is 6.42 Å². The number of hydrogen-bond acceptors (Lipinski definition) is 3. The molecule has 0 spiro atoms. The fourth-order valence-corrected chi connectivity index (χ4v) is 1.53. The fourth-order valence-electron chi connectivity index (χ4n) is 1.53. The minimum absolute atomic E-state index is 0.330. The summed E-state index contributed by atoms with van der Waals surface area (Å²) in [5.41, 5.74) is -0.584. The quantitative estimate of drug-likeness (QED) is 0.794. The van der Waals surface area contributed by atoms with E-state index in [1.54, 1.807) is 6.92 Å². The number of amides is 3. The predicted molar refractivity (Wildman–Crippen MR) is 74.3 cm³/mol. The summed E-state index contributed by atoms with van der Waals surface area (Å²) in [6.07, 6.45) is -0.335. The molecule has 0 aliphatic heterocycles. The van der Waals surface area contributed by atoms with Gasteiger partial charge in [-0.15, -0.1) is 0 Å². The van der Waals surface area contributed by atoms with E-state index in [9.17, 15) is 18.8 Å². The van der Waals surface area contributed by atoms with E-state index in [1.807, 2.05) is 5.32 Å². The van der Waals surface area contributed by atoms with Crippen molar-refractivity contribution in [2.75, 3.05) is 5.32 Å². The number of urea groups is 1. The molecule has 0 atom stereocenters. The van der Waals surface area contributed by atoms with E-state index in [1.165, 1.54) is 32.0 Å². The van der Waals surface area contributed by atoms with Crippen LogP contribution in [0.15, 0.2) is 18.2 Å². The van der Waals surface area contributed by atoms with Gasteiger partial charge in [-0.25, -0.2) is 9.18 Å². The molecule has 114 valence electrons. The molecular formula is C14H17FN2O4. The van der Waals surface area contributed by atoms with Crippen LogP contribution in [0.1, 0.15) is 25.8 Å². The average Bonchev–Trinajstić information content (AvgIpc) is 2.32. The summed E-state index contributed by atoms with van der Waals surface area (Å²) in [7, 11) is 0. The summed E-state index contributed by atoms with van der Waals surface area (Å²) in [4.78, 5) is 34.1. The van der Waals surface area contributed by atoms with Gasteiger partial charge in [-0.05, 0) is 44.5 Å². The van der Waals surface area contributed by atoms with E-state index in [4.69, 9.17) is 5.11 Å². The van der Waals surface area contributed by atoms with Gasteiger partial charge in [0.25, 0.3) is 0 Å². The molecule has 0 aliphatic rings. The summed E-state index contributed by atoms with van der Waals surface area (Å²) < 4.78 is 13.1. The van der Waals surface area contributed by atoms with Crippen LogP contribution >= 0.6 is 0 Å². The number of rotatable bonds is 4. The summed E-state index contributed by atoms with van der Waals surface area (Å²) >= 11 is 0. The van der Waals surface area contributed by atoms with Crippen molar-refractivity contribution in [1.29, 1.82) is 0 Å². The Hall–Kier alpha value is -2.44. The Kier molecular flexibility index (Phi) is 5.02. The summed E-state index contributed by atoms with van der Waals surface area (Å²) in [5, 5.41) is 13.3. The number of benzene rings is 1. The molecule has 1 aromatic carbocycles. The second kappa shape index (κ2) is 6.34. The Labute approximate surface area is 121 Å². The molecule has 0 aromatic heterocycles. The van der Waals surface area contributed by atoms with Gasteiger partial charge in [0.1, 0.15) is 5.82 Å². The summed E-state index contributed by atoms with van der Waals surface area (Å²) in [6.45, 7) is 4.31. The molecule has 0 bridgehead atoms. The van der Waals surface area contributed by atoms with E-state index in [0.717, 1.165) is 0 Å². The molecule has 0 unspecified atom stereocenters. The highest BCUT2D eigenvalue weighted by Crippen LogP contribution is 2.20. The Balaban J connectivity index is 2.59. The molecule has 6 nitrogen and oxygen atoms in total. The van der Waals surface area contributed by atoms with Crippen LogP contribution in [0.2, 0.25) is 0 Å². The van der Waals surface area contributed by atoms with Crippen LogP contribution in [0.5, 0.6) is 0 Å². The standard InChI is InChI=1S/C14H17FN2O4/c1-8-6-9(4-5-10(8)15)16-13(21)17-11(18)7-14(2,3)12(19)20/h4-6H,7H2,1-3H3,(H,19,20)(H2,16,17,18,21). The van der Waals surface area contributed by atoms with Crippen LogP contribution in [0.25, 0.3) is 0 Å². The number of imide groups is 1. The van der Waals surface area contributed by atoms with Crippen molar-refractivity contribution in [3.8, 4) is 0 Å². The van der Waals surface area contributed by atoms with Gasteiger partial charge in [0.05, 0.1) is 5.41 Å². The van der Waals surface area contributed by atoms with Crippen LogP contribution in [0.4, 0.5) is 14.9 Å². The first-order valence-electron chi connectivity index (χ1n) is 6.22. The van der Waals surface area contributed by atoms with Gasteiger partial charge in [-0.1, -0.05) is 0 Å². The number of carboxylic acid groups (broad SMARTS) is 1. The minimum atomic E-state index is -1.27. The molecule has 0 aliphatic carbocycles. The van der Waals surface area contributed by atoms with Crippen LogP contribution in [0, 0.1) is 18.2 Å². The highest BCUT2D eigenvalue weighted by Gasteiger charge is 2.30. The second-order valence-corrected chi connectivity index (χ2v) is 5.33. The van der Waals surface area contributed by atoms with Crippen molar-refractivity contribution < 1.29 is 23.9 Å². The third-order valence-corrected chi connectivity index (χ3v) is 2.85. The highest BCUT2D eigenvalue weighted by molar-refractivity contribution is 6.02. The molecule has 0 radical (unpaired) electrons. The average molecular weight is 296 g/mol. The van der Waals surface area contributed by atoms with Crippen LogP contribution in [-0.2, 0) is 9.59 Å². The van der Waals surface area contributed by atoms with Gasteiger partial charge in [0.2, 0.25) is 5.91 Å². The molecule has 0 fully saturated rings. The van der Waals surface area contributed by atoms with E-state index in [0.29, 0.717) is 11.3 Å². The van der Waals surface area contributed by atoms with Crippen molar-refractivity contribution in [2.24, 2.45) is 5.41 Å². The van der Waals surface area contributed by atoms with E-state index in [2.05, 4.69) is 5.32 Å². The van der Waals surface area contributed by atoms with Gasteiger partial charge in [-0.2, -0.15) is 0 Å². The number of aliphatic carboxylic acids is 1. The number of nitrogens with one attached hydrogen (secondary N) is 2. The van der Waals surface area contributed by atoms with Crippen molar-refractivity contribution in [3.05, 3.63) is 29.6 Å². The lowest BCUT2D eigenvalue weighted by atomic mass is 9.89. The maximum Gasteiger partial charge on any atom is 0.325 e. The molecule has 21 heavy (non-hydrogen) atoms. The van der Waals surface area contributed by atoms with Gasteiger partial charge in [0, 0.05) is 12.1 Å². The van der Waals surface area contributed by atoms with Crippen LogP contribution in [0.3, 0.4) is 0 Å². The number of carbonyl (C=O) groups is 3. The molecule has 0 saturated carbocycles. The normalized spacial score (nSPS) is 10.9. The van der Waals surface area contributed by atoms with Gasteiger partial charge in [-0.3, -0.25) is 14.9 Å². The van der Waals surface area contributed by atoms with E-state index < -0.39 is 29.1 Å². The zero-order chi connectivity index (χ0) is 16.2. The maximum atomic E-state index is 13.1. The fraction of sp³-hybridized carbons (Fsp3) is 0.357. The summed E-state index contributed by atoms with van der Waals surface area (Å²) in [5.74, 6) is -2.24. The third-order valence-electron chi connectivity index (χ3n) is 2.85. The SMILES string of the molecule is Cc1cc(NC(=O)NC(=O)CC(C)(C)C(=O)O)ccc1F. The molecule has 7 heteroatoms. The molecule has 3 amide bonds. The van der Waals surface area contributed by atoms with Crippen molar-refractivity contribution >= 4 is 23.6 Å². The Morgan fingerprint density at radius 1 is 1.29 bits per heavy atom. The lowest BCUT2D eigenvalue weighted by molar-refractivity contribution is -0.149. The smallest absolute Gasteiger partial charge is 0.325 e. The first-order valence-corrected chi connectivity index (χ1v) is 6.22. The number of anilines is 1. The van der Waals surface area contributed by atoms with Crippen LogP contribution in [-0.4, -0.2) is 23.0 Å². The van der Waals surface area contributed by atoms with Crippen LogP contribution < -0.4 is 10.6 Å². The van der Waals surface area contributed by atoms with Crippen molar-refractivity contribution in [1.82, 2.24) is 5.32 Å². The maximum absolute atomic E-state index is 13.1. The Bertz CT molecular complexity index is 584. The highest BCUT2D eigenvalue weighted by atomic mass is 19.1. The molecule has 1 rings (SSSR count). The van der Waals surface area contributed by atoms with Crippen molar-refractivity contribution in [3.63, 3.8) is 0 Å². The molecule has 0 saturated heterocycles. The molecule has 0 heterocycles. The summed E-state index contributed by atoms with van der Waals surface area (Å²) in [6, 6.07) is 3.17. The topological polar surface area (TPSA) is 95.5 Å². The third kappa shape index (κ3) is 4.87. The number of aryl methyl sites for hydroxylation is 1. The zero-order valence-electron chi connectivity index (χ0n) is 12.0. The predicted octanol–water partition coefficient (Wildman–Crippen LogP) is 2.28. The number of carboxylic acids is 1. The first kappa shape index (κ1) is 16.6. The first-order chi connectivity index (χ1) is 9.61. The van der Waals surface area contributed by atoms with Gasteiger partial charge < -0.3 is 10.4 Å². The Morgan fingerprint density at radius 3 is 2.43 bits per heavy atom. The number of halogens is 1. The lowest BCUT2D eigenvalue weighted by Gasteiger charge is -2.17. The molecule has 1 aromatic rings. The largest absolute Gasteiger partial charge is 0.481 e. The molecular weight excluding hydrogens is 279 g/mol. The van der Waals surface area contributed by atoms with Crippen molar-refractivity contribution in [2.45, 2.75) is 27.2 Å². The number of hydrogen-bond donors (Lipinski definition) is 3. The number of carbonyl (C=O) groups excluding carboxylic acids is 2. The van der Waals surface area contributed by atoms with Gasteiger partial charge >= 0.3 is 12.0 Å². The Morgan fingerprint density at radius 2 is 1.90 bits per heavy atom. The monoisotopic (exact) mass is 296 g/mol. The minimum Gasteiger partial charge on any atom is -0.481 e. The molecule has 3 N–H and O–H groups in total.